The van der Waals surface area contributed by atoms with Gasteiger partial charge in [0.05, 0.1) is 5.69 Å². The Morgan fingerprint density at radius 1 is 1.40 bits per heavy atom. The summed E-state index contributed by atoms with van der Waals surface area (Å²) in [6, 6.07) is 4.85. The maximum Gasteiger partial charge on any atom is 0.122 e. The lowest BCUT2D eigenvalue weighted by molar-refractivity contribution is 0.102. The second-order valence-electron chi connectivity index (χ2n) is 5.95. The first kappa shape index (κ1) is 13.8. The van der Waals surface area contributed by atoms with Crippen LogP contribution in [0.5, 0.6) is 0 Å². The molecule has 1 aromatic rings. The van der Waals surface area contributed by atoms with E-state index in [-0.39, 0.29) is 0 Å². The molecule has 4 nitrogen and oxygen atoms in total. The maximum absolute atomic E-state index is 5.68. The quantitative estimate of drug-likeness (QED) is 0.839. The van der Waals surface area contributed by atoms with E-state index in [9.17, 15) is 0 Å². The summed E-state index contributed by atoms with van der Waals surface area (Å²) in [6.07, 6.45) is 5.72. The molecular weight excluding hydrogens is 268 g/mol. The number of rotatable bonds is 2. The van der Waals surface area contributed by atoms with Crippen molar-refractivity contribution in [3.05, 3.63) is 24.0 Å². The predicted octanol–water partition coefficient (Wildman–Crippen LogP) is 1.64. The number of pyridine rings is 1. The van der Waals surface area contributed by atoms with Gasteiger partial charge < -0.3 is 15.5 Å². The topological polar surface area (TPSA) is 45.4 Å². The highest BCUT2D eigenvalue weighted by Gasteiger charge is 2.34. The third-order valence-corrected chi connectivity index (χ3v) is 4.92. The molecule has 2 N–H and O–H groups in total. The van der Waals surface area contributed by atoms with Crippen molar-refractivity contribution < 1.29 is 0 Å². The van der Waals surface area contributed by atoms with Gasteiger partial charge in [0, 0.05) is 31.0 Å². The van der Waals surface area contributed by atoms with Crippen molar-refractivity contribution in [2.24, 2.45) is 11.7 Å². The number of hydrogen-bond acceptors (Lipinski definition) is 4. The molecular formula is C15H22N4S. The Morgan fingerprint density at radius 3 is 3.05 bits per heavy atom. The normalized spacial score (nSPS) is 27.1. The fraction of sp³-hybridized carbons (Fsp3) is 0.600. The van der Waals surface area contributed by atoms with Crippen LogP contribution in [0.15, 0.2) is 18.3 Å². The molecule has 0 aromatic carbocycles. The van der Waals surface area contributed by atoms with Crippen molar-refractivity contribution in [3.8, 4) is 0 Å². The lowest BCUT2D eigenvalue weighted by Crippen LogP contribution is -2.52. The first-order valence-electron chi connectivity index (χ1n) is 7.36. The van der Waals surface area contributed by atoms with E-state index < -0.39 is 0 Å². The van der Waals surface area contributed by atoms with Gasteiger partial charge in [0.15, 0.2) is 0 Å². The van der Waals surface area contributed by atoms with Crippen LogP contribution in [-0.4, -0.2) is 47.6 Å². The van der Waals surface area contributed by atoms with E-state index in [4.69, 9.17) is 18.0 Å². The first-order valence-corrected chi connectivity index (χ1v) is 7.77. The molecule has 3 rings (SSSR count). The number of likely N-dealkylation sites (tertiary alicyclic amines) is 1. The maximum atomic E-state index is 5.68. The van der Waals surface area contributed by atoms with Gasteiger partial charge in [0.1, 0.15) is 4.99 Å². The van der Waals surface area contributed by atoms with Gasteiger partial charge >= 0.3 is 0 Å². The largest absolute Gasteiger partial charge is 0.388 e. The summed E-state index contributed by atoms with van der Waals surface area (Å²) in [6.45, 7) is 3.49. The summed E-state index contributed by atoms with van der Waals surface area (Å²) in [5, 5.41) is 0. The average Bonchev–Trinajstić information content (AvgIpc) is 2.47. The Balaban J connectivity index is 1.76. The fourth-order valence-corrected chi connectivity index (χ4v) is 3.75. The van der Waals surface area contributed by atoms with E-state index in [0.717, 1.165) is 30.7 Å². The monoisotopic (exact) mass is 290 g/mol. The van der Waals surface area contributed by atoms with Gasteiger partial charge in [-0.3, -0.25) is 4.98 Å². The van der Waals surface area contributed by atoms with Gasteiger partial charge in [-0.2, -0.15) is 0 Å². The van der Waals surface area contributed by atoms with Crippen molar-refractivity contribution in [2.75, 3.05) is 31.6 Å². The molecule has 108 valence electrons. The van der Waals surface area contributed by atoms with E-state index in [1.54, 1.807) is 0 Å². The Labute approximate surface area is 126 Å². The molecule has 0 spiro atoms. The molecule has 2 saturated heterocycles. The van der Waals surface area contributed by atoms with E-state index in [1.807, 2.05) is 12.3 Å². The van der Waals surface area contributed by atoms with Crippen LogP contribution in [0.3, 0.4) is 0 Å². The molecule has 0 amide bonds. The third-order valence-electron chi connectivity index (χ3n) is 4.71. The molecule has 0 aliphatic carbocycles. The molecule has 20 heavy (non-hydrogen) atoms. The van der Waals surface area contributed by atoms with Crippen molar-refractivity contribution in [1.82, 2.24) is 9.88 Å². The van der Waals surface area contributed by atoms with Gasteiger partial charge in [0.25, 0.3) is 0 Å². The van der Waals surface area contributed by atoms with E-state index in [0.29, 0.717) is 4.99 Å². The van der Waals surface area contributed by atoms with Gasteiger partial charge in [-0.1, -0.05) is 12.2 Å². The summed E-state index contributed by atoms with van der Waals surface area (Å²) >= 11 is 5.02. The zero-order valence-corrected chi connectivity index (χ0v) is 12.8. The van der Waals surface area contributed by atoms with Crippen LogP contribution in [0.25, 0.3) is 0 Å². The molecule has 1 aromatic heterocycles. The summed E-state index contributed by atoms with van der Waals surface area (Å²) in [5.74, 6) is 0.781. The van der Waals surface area contributed by atoms with Gasteiger partial charge in [-0.15, -0.1) is 0 Å². The number of hydrogen-bond donors (Lipinski definition) is 1. The molecule has 2 aliphatic heterocycles. The van der Waals surface area contributed by atoms with Crippen LogP contribution in [0, 0.1) is 5.92 Å². The molecule has 3 heterocycles. The average molecular weight is 290 g/mol. The fourth-order valence-electron chi connectivity index (χ4n) is 3.64. The number of nitrogens with two attached hydrogens (primary N) is 1. The van der Waals surface area contributed by atoms with Crippen LogP contribution in [0.1, 0.15) is 25.0 Å². The van der Waals surface area contributed by atoms with Gasteiger partial charge in [-0.25, -0.2) is 0 Å². The zero-order valence-electron chi connectivity index (χ0n) is 12.0. The Kier molecular flexibility index (Phi) is 3.89. The number of fused-ring (bicyclic) bond motifs is 1. The summed E-state index contributed by atoms with van der Waals surface area (Å²) in [4.78, 5) is 9.60. The number of nitrogens with zero attached hydrogens (tertiary/aromatic N) is 3. The SMILES string of the molecule is CN1CCCC2CN(c3ccnc(C(N)=S)c3)CCC21. The number of anilines is 1. The number of aromatic nitrogens is 1. The molecule has 2 fully saturated rings. The third kappa shape index (κ3) is 2.65. The van der Waals surface area contributed by atoms with E-state index in [2.05, 4.69) is 27.9 Å². The zero-order chi connectivity index (χ0) is 14.1. The second-order valence-corrected chi connectivity index (χ2v) is 6.39. The standard InChI is InChI=1S/C15H22N4S/c1-18-7-2-3-11-10-19(8-5-14(11)18)12-4-6-17-13(9-12)15(16)20/h4,6,9,11,14H,2-3,5,7-8,10H2,1H3,(H2,16,20). The molecule has 5 heteroatoms. The van der Waals surface area contributed by atoms with Crippen molar-refractivity contribution in [1.29, 1.82) is 0 Å². The van der Waals surface area contributed by atoms with Crippen LogP contribution >= 0.6 is 12.2 Å². The van der Waals surface area contributed by atoms with Crippen molar-refractivity contribution in [2.45, 2.75) is 25.3 Å². The highest BCUT2D eigenvalue weighted by Crippen LogP contribution is 2.31. The minimum atomic E-state index is 0.374. The Bertz CT molecular complexity index is 504. The minimum absolute atomic E-state index is 0.374. The van der Waals surface area contributed by atoms with Crippen LogP contribution in [0.2, 0.25) is 0 Å². The minimum Gasteiger partial charge on any atom is -0.388 e. The van der Waals surface area contributed by atoms with E-state index in [1.165, 1.54) is 31.5 Å². The highest BCUT2D eigenvalue weighted by atomic mass is 32.1. The second kappa shape index (κ2) is 5.66. The predicted molar refractivity (Wildman–Crippen MR) is 86.1 cm³/mol. The first-order chi connectivity index (χ1) is 9.65. The van der Waals surface area contributed by atoms with Gasteiger partial charge in [-0.05, 0) is 50.9 Å². The summed E-state index contributed by atoms with van der Waals surface area (Å²) in [5.41, 5.74) is 7.61. The highest BCUT2D eigenvalue weighted by molar-refractivity contribution is 7.80. The molecule has 0 saturated carbocycles. The molecule has 2 unspecified atom stereocenters. The molecule has 0 bridgehead atoms. The summed E-state index contributed by atoms with van der Waals surface area (Å²) < 4.78 is 0. The summed E-state index contributed by atoms with van der Waals surface area (Å²) in [7, 11) is 2.27. The van der Waals surface area contributed by atoms with Crippen LogP contribution in [-0.2, 0) is 0 Å². The lowest BCUT2D eigenvalue weighted by Gasteiger charge is -2.46. The Morgan fingerprint density at radius 2 is 2.25 bits per heavy atom. The molecule has 2 aliphatic rings. The Hall–Kier alpha value is -1.20. The van der Waals surface area contributed by atoms with E-state index >= 15 is 0 Å². The number of thiocarbonyl (C=S) groups is 1. The molecule has 0 radical (unpaired) electrons. The molecule has 2 atom stereocenters. The number of piperidine rings is 2. The lowest BCUT2D eigenvalue weighted by atomic mass is 9.84. The van der Waals surface area contributed by atoms with Crippen LogP contribution in [0.4, 0.5) is 5.69 Å². The van der Waals surface area contributed by atoms with Crippen molar-refractivity contribution in [3.63, 3.8) is 0 Å². The van der Waals surface area contributed by atoms with Crippen molar-refractivity contribution >= 4 is 22.9 Å². The van der Waals surface area contributed by atoms with Crippen LogP contribution < -0.4 is 10.6 Å². The van der Waals surface area contributed by atoms with Gasteiger partial charge in [0.2, 0.25) is 0 Å². The smallest absolute Gasteiger partial charge is 0.122 e.